The summed E-state index contributed by atoms with van der Waals surface area (Å²) >= 11 is 1.41. The van der Waals surface area contributed by atoms with Crippen LogP contribution in [0, 0.1) is 0 Å². The number of phenols is 1. The Bertz CT molecular complexity index is 894. The normalized spacial score (nSPS) is 14.1. The Labute approximate surface area is 207 Å². The number of hydrogen-bond donors (Lipinski definition) is 7. The first-order valence-corrected chi connectivity index (χ1v) is 12.2. The molecule has 0 bridgehead atoms. The molecular formula is C22H32N4O8S. The predicted molar refractivity (Wildman–Crippen MR) is 129 cm³/mol. The average Bonchev–Trinajstić information content (AvgIpc) is 2.79. The summed E-state index contributed by atoms with van der Waals surface area (Å²) in [5, 5.41) is 35.0. The number of carbonyl (C=O) groups excluding carboxylic acids is 3. The Morgan fingerprint density at radius 2 is 1.43 bits per heavy atom. The highest BCUT2D eigenvalue weighted by molar-refractivity contribution is 7.98. The SMILES string of the molecule is CSCCC(NC(=O)C(Cc1ccc(O)cc1)NC(=O)C(C)N)C(=O)NC(CCC(=O)O)C(=O)O. The van der Waals surface area contributed by atoms with Crippen molar-refractivity contribution in [2.24, 2.45) is 5.73 Å². The number of carbonyl (C=O) groups is 5. The summed E-state index contributed by atoms with van der Waals surface area (Å²) in [7, 11) is 0. The summed E-state index contributed by atoms with van der Waals surface area (Å²) < 4.78 is 0. The zero-order valence-corrected chi connectivity index (χ0v) is 20.3. The number of nitrogens with one attached hydrogen (secondary N) is 3. The van der Waals surface area contributed by atoms with Crippen LogP contribution in [0.15, 0.2) is 24.3 Å². The molecule has 12 nitrogen and oxygen atoms in total. The fourth-order valence-electron chi connectivity index (χ4n) is 2.95. The van der Waals surface area contributed by atoms with E-state index in [0.717, 1.165) is 0 Å². The molecule has 194 valence electrons. The second-order valence-electron chi connectivity index (χ2n) is 7.89. The summed E-state index contributed by atoms with van der Waals surface area (Å²) in [5.41, 5.74) is 6.23. The Hall–Kier alpha value is -3.32. The highest BCUT2D eigenvalue weighted by atomic mass is 32.2. The van der Waals surface area contributed by atoms with E-state index in [1.807, 2.05) is 0 Å². The van der Waals surface area contributed by atoms with E-state index < -0.39 is 60.2 Å². The summed E-state index contributed by atoms with van der Waals surface area (Å²) in [6.07, 6.45) is 1.21. The second-order valence-corrected chi connectivity index (χ2v) is 8.88. The molecule has 0 aromatic heterocycles. The third-order valence-corrected chi connectivity index (χ3v) is 5.57. The molecule has 0 fully saturated rings. The maximum absolute atomic E-state index is 13.1. The van der Waals surface area contributed by atoms with Crippen molar-refractivity contribution in [2.45, 2.75) is 56.8 Å². The molecule has 35 heavy (non-hydrogen) atoms. The maximum atomic E-state index is 13.1. The highest BCUT2D eigenvalue weighted by Gasteiger charge is 2.30. The summed E-state index contributed by atoms with van der Waals surface area (Å²) in [5.74, 6) is -4.19. The van der Waals surface area contributed by atoms with Crippen molar-refractivity contribution in [2.75, 3.05) is 12.0 Å². The Morgan fingerprint density at radius 3 is 1.94 bits per heavy atom. The molecule has 3 amide bonds. The van der Waals surface area contributed by atoms with Crippen LogP contribution in [0.5, 0.6) is 5.75 Å². The number of amides is 3. The molecule has 1 aromatic rings. The smallest absolute Gasteiger partial charge is 0.326 e. The molecule has 0 aliphatic heterocycles. The third kappa shape index (κ3) is 11.1. The first-order chi connectivity index (χ1) is 16.4. The van der Waals surface area contributed by atoms with Gasteiger partial charge in [-0.3, -0.25) is 19.2 Å². The predicted octanol–water partition coefficient (Wildman–Crippen LogP) is -0.561. The molecule has 8 N–H and O–H groups in total. The van der Waals surface area contributed by atoms with Gasteiger partial charge in [-0.25, -0.2) is 4.79 Å². The molecule has 0 heterocycles. The third-order valence-electron chi connectivity index (χ3n) is 4.93. The lowest BCUT2D eigenvalue weighted by Gasteiger charge is -2.25. The number of aromatic hydroxyl groups is 1. The summed E-state index contributed by atoms with van der Waals surface area (Å²) in [4.78, 5) is 60.3. The number of rotatable bonds is 15. The van der Waals surface area contributed by atoms with Crippen molar-refractivity contribution < 1.29 is 39.3 Å². The number of benzene rings is 1. The van der Waals surface area contributed by atoms with Crippen LogP contribution in [0.25, 0.3) is 0 Å². The van der Waals surface area contributed by atoms with Crippen LogP contribution in [-0.2, 0) is 30.4 Å². The van der Waals surface area contributed by atoms with Gasteiger partial charge >= 0.3 is 11.9 Å². The summed E-state index contributed by atoms with van der Waals surface area (Å²) in [6.45, 7) is 1.45. The quantitative estimate of drug-likeness (QED) is 0.159. The van der Waals surface area contributed by atoms with Gasteiger partial charge in [0.15, 0.2) is 0 Å². The van der Waals surface area contributed by atoms with E-state index in [2.05, 4.69) is 16.0 Å². The van der Waals surface area contributed by atoms with Crippen molar-refractivity contribution in [1.29, 1.82) is 0 Å². The first-order valence-electron chi connectivity index (χ1n) is 10.8. The molecule has 13 heteroatoms. The van der Waals surface area contributed by atoms with E-state index in [9.17, 15) is 34.2 Å². The second kappa shape index (κ2) is 14.8. The molecule has 0 radical (unpaired) electrons. The van der Waals surface area contributed by atoms with Crippen molar-refractivity contribution >= 4 is 41.4 Å². The van der Waals surface area contributed by atoms with Crippen LogP contribution in [0.2, 0.25) is 0 Å². The number of carboxylic acids is 2. The van der Waals surface area contributed by atoms with E-state index in [-0.39, 0.29) is 25.0 Å². The Balaban J connectivity index is 3.04. The van der Waals surface area contributed by atoms with E-state index in [0.29, 0.717) is 11.3 Å². The van der Waals surface area contributed by atoms with Gasteiger partial charge in [0.2, 0.25) is 17.7 Å². The zero-order chi connectivity index (χ0) is 26.5. The van der Waals surface area contributed by atoms with Crippen molar-refractivity contribution in [3.05, 3.63) is 29.8 Å². The average molecular weight is 513 g/mol. The fraction of sp³-hybridized carbons (Fsp3) is 0.500. The molecule has 0 aliphatic rings. The van der Waals surface area contributed by atoms with E-state index in [1.165, 1.54) is 30.8 Å². The van der Waals surface area contributed by atoms with Crippen molar-refractivity contribution in [3.8, 4) is 5.75 Å². The molecule has 0 aliphatic carbocycles. The number of carboxylic acid groups (broad SMARTS) is 2. The topological polar surface area (TPSA) is 208 Å². The van der Waals surface area contributed by atoms with Crippen molar-refractivity contribution in [1.82, 2.24) is 16.0 Å². The standard InChI is InChI=1S/C22H32N4O8S/c1-12(23)19(30)26-17(11-13-3-5-14(27)6-4-13)21(32)24-15(9-10-35-2)20(31)25-16(22(33)34)7-8-18(28)29/h3-6,12,15-17,27H,7-11,23H2,1-2H3,(H,24,32)(H,25,31)(H,26,30)(H,28,29)(H,33,34). The van der Waals surface area contributed by atoms with Gasteiger partial charge in [-0.1, -0.05) is 12.1 Å². The number of thioether (sulfide) groups is 1. The first kappa shape index (κ1) is 29.7. The Morgan fingerprint density at radius 1 is 0.886 bits per heavy atom. The lowest BCUT2D eigenvalue weighted by molar-refractivity contribution is -0.143. The van der Waals surface area contributed by atoms with Crippen LogP contribution >= 0.6 is 11.8 Å². The number of phenolic OH excluding ortho intramolecular Hbond substituents is 1. The maximum Gasteiger partial charge on any atom is 0.326 e. The lowest BCUT2D eigenvalue weighted by atomic mass is 10.0. The van der Waals surface area contributed by atoms with Gasteiger partial charge in [-0.05, 0) is 49.5 Å². The molecule has 0 saturated carbocycles. The lowest BCUT2D eigenvalue weighted by Crippen LogP contribution is -2.57. The largest absolute Gasteiger partial charge is 0.508 e. The van der Waals surface area contributed by atoms with E-state index >= 15 is 0 Å². The van der Waals surface area contributed by atoms with Crippen molar-refractivity contribution in [3.63, 3.8) is 0 Å². The Kier molecular flexibility index (Phi) is 12.6. The summed E-state index contributed by atoms with van der Waals surface area (Å²) in [6, 6.07) is 1.42. The van der Waals surface area contributed by atoms with Crippen LogP contribution in [0.1, 0.15) is 31.7 Å². The molecule has 4 unspecified atom stereocenters. The van der Waals surface area contributed by atoms with Gasteiger partial charge in [0.25, 0.3) is 0 Å². The molecule has 1 aromatic carbocycles. The number of aliphatic carboxylic acids is 2. The molecule has 4 atom stereocenters. The highest BCUT2D eigenvalue weighted by Crippen LogP contribution is 2.12. The van der Waals surface area contributed by atoms with E-state index in [1.54, 1.807) is 18.4 Å². The molecule has 0 spiro atoms. The minimum Gasteiger partial charge on any atom is -0.508 e. The van der Waals surface area contributed by atoms with Gasteiger partial charge in [-0.2, -0.15) is 11.8 Å². The fourth-order valence-corrected chi connectivity index (χ4v) is 3.43. The molecular weight excluding hydrogens is 480 g/mol. The van der Waals surface area contributed by atoms with Gasteiger partial charge in [0.05, 0.1) is 6.04 Å². The molecule has 0 saturated heterocycles. The molecule has 1 rings (SSSR count). The van der Waals surface area contributed by atoms with E-state index in [4.69, 9.17) is 10.8 Å². The number of nitrogens with two attached hydrogens (primary N) is 1. The van der Waals surface area contributed by atoms with Gasteiger partial charge in [-0.15, -0.1) is 0 Å². The minimum atomic E-state index is -1.45. The van der Waals surface area contributed by atoms with Gasteiger partial charge in [0.1, 0.15) is 23.9 Å². The van der Waals surface area contributed by atoms with Crippen LogP contribution in [0.3, 0.4) is 0 Å². The van der Waals surface area contributed by atoms with Gasteiger partial charge < -0.3 is 37.0 Å². The van der Waals surface area contributed by atoms with Crippen LogP contribution < -0.4 is 21.7 Å². The van der Waals surface area contributed by atoms with Gasteiger partial charge in [0, 0.05) is 12.8 Å². The monoisotopic (exact) mass is 512 g/mol. The zero-order valence-electron chi connectivity index (χ0n) is 19.5. The number of hydrogen-bond acceptors (Lipinski definition) is 8. The van der Waals surface area contributed by atoms with Crippen LogP contribution in [-0.4, -0.2) is 81.2 Å². The minimum absolute atomic E-state index is 0.0269. The van der Waals surface area contributed by atoms with Crippen LogP contribution in [0.4, 0.5) is 0 Å².